The normalized spacial score (nSPS) is 44.6. The van der Waals surface area contributed by atoms with Crippen LogP contribution in [0.15, 0.2) is 23.8 Å². The number of fused-ring (bicyclic) bond motifs is 3. The standard InChI is InChI=1S/C23H32O4.3CH4.3H2S/c1-15(2)22(24)9-6-17-16-4-8-20-14-21(25-12-13-26-21)10-11-23(20,27-20)18(16)5-7-19(17,22)3;;;;;;/h5,16-17,24H,1,4,6-14H2,2-3H3;3*1H4;3*1H2/t16-,17-,19-,20+,22+,23+;;;;;;/m0....../s1. The minimum absolute atomic E-state index is 0. The van der Waals surface area contributed by atoms with E-state index in [9.17, 15) is 5.11 Å². The quantitative estimate of drug-likeness (QED) is 0.332. The molecule has 196 valence electrons. The molecular formula is C26H50O4S3. The highest BCUT2D eigenvalue weighted by atomic mass is 32.1. The van der Waals surface area contributed by atoms with Crippen LogP contribution < -0.4 is 0 Å². The summed E-state index contributed by atoms with van der Waals surface area (Å²) in [6.07, 6.45) is 10.5. The molecule has 2 aliphatic heterocycles. The summed E-state index contributed by atoms with van der Waals surface area (Å²) in [6.45, 7) is 9.89. The maximum absolute atomic E-state index is 11.5. The van der Waals surface area contributed by atoms with Gasteiger partial charge in [0, 0.05) is 18.3 Å². The molecule has 0 aromatic heterocycles. The molecule has 2 saturated heterocycles. The highest BCUT2D eigenvalue weighted by Crippen LogP contribution is 2.74. The number of allylic oxidation sites excluding steroid dienone is 1. The van der Waals surface area contributed by atoms with Gasteiger partial charge in [-0.25, -0.2) is 0 Å². The van der Waals surface area contributed by atoms with E-state index in [1.165, 1.54) is 0 Å². The van der Waals surface area contributed by atoms with E-state index in [-0.39, 0.29) is 85.2 Å². The Kier molecular flexibility index (Phi) is 10.1. The lowest BCUT2D eigenvalue weighted by Gasteiger charge is -2.52. The van der Waals surface area contributed by atoms with E-state index < -0.39 is 5.60 Å². The number of hydrogen-bond donors (Lipinski definition) is 1. The summed E-state index contributed by atoms with van der Waals surface area (Å²) in [7, 11) is 0. The molecule has 3 saturated carbocycles. The zero-order chi connectivity index (χ0) is 18.7. The second-order valence-corrected chi connectivity index (χ2v) is 10.4. The van der Waals surface area contributed by atoms with E-state index in [2.05, 4.69) is 19.6 Å². The number of ether oxygens (including phenoxy) is 3. The summed E-state index contributed by atoms with van der Waals surface area (Å²) in [6, 6.07) is 0. The zero-order valence-corrected chi connectivity index (χ0v) is 21.2. The Morgan fingerprint density at radius 3 is 2.24 bits per heavy atom. The van der Waals surface area contributed by atoms with Crippen molar-refractivity contribution >= 4 is 40.5 Å². The molecule has 2 heterocycles. The van der Waals surface area contributed by atoms with Gasteiger partial charge < -0.3 is 19.3 Å². The molecule has 0 aromatic rings. The van der Waals surface area contributed by atoms with Crippen LogP contribution >= 0.6 is 40.5 Å². The van der Waals surface area contributed by atoms with E-state index in [1.807, 2.05) is 6.92 Å². The summed E-state index contributed by atoms with van der Waals surface area (Å²) >= 11 is 0. The van der Waals surface area contributed by atoms with Crippen molar-refractivity contribution in [3.63, 3.8) is 0 Å². The van der Waals surface area contributed by atoms with Crippen LogP contribution in [0.4, 0.5) is 0 Å². The van der Waals surface area contributed by atoms with Gasteiger partial charge in [-0.05, 0) is 68.4 Å². The summed E-state index contributed by atoms with van der Waals surface area (Å²) in [5.41, 5.74) is 1.54. The van der Waals surface area contributed by atoms with E-state index in [4.69, 9.17) is 14.2 Å². The molecule has 1 spiro atoms. The van der Waals surface area contributed by atoms with Crippen molar-refractivity contribution in [2.24, 2.45) is 17.3 Å². The maximum Gasteiger partial charge on any atom is 0.171 e. The van der Waals surface area contributed by atoms with Gasteiger partial charge in [-0.2, -0.15) is 40.5 Å². The van der Waals surface area contributed by atoms with Crippen molar-refractivity contribution in [1.29, 1.82) is 0 Å². The Morgan fingerprint density at radius 2 is 1.64 bits per heavy atom. The molecule has 5 fully saturated rings. The van der Waals surface area contributed by atoms with Gasteiger partial charge in [0.15, 0.2) is 5.79 Å². The predicted molar refractivity (Wildman–Crippen MR) is 152 cm³/mol. The molecule has 4 nitrogen and oxygen atoms in total. The zero-order valence-electron chi connectivity index (χ0n) is 18.2. The van der Waals surface area contributed by atoms with Gasteiger partial charge in [0.1, 0.15) is 11.2 Å². The molecule has 6 aliphatic rings. The monoisotopic (exact) mass is 522 g/mol. The van der Waals surface area contributed by atoms with Gasteiger partial charge in [0.2, 0.25) is 0 Å². The molecule has 33 heavy (non-hydrogen) atoms. The third-order valence-corrected chi connectivity index (χ3v) is 9.53. The van der Waals surface area contributed by atoms with Crippen molar-refractivity contribution in [2.45, 2.75) is 110 Å². The average Bonchev–Trinajstić information content (AvgIpc) is 2.97. The fraction of sp³-hybridized carbons (Fsp3) is 0.846. The van der Waals surface area contributed by atoms with Crippen molar-refractivity contribution in [1.82, 2.24) is 0 Å². The fourth-order valence-corrected chi connectivity index (χ4v) is 8.05. The van der Waals surface area contributed by atoms with Gasteiger partial charge in [-0.3, -0.25) is 0 Å². The van der Waals surface area contributed by atoms with Crippen LogP contribution in [-0.4, -0.2) is 40.9 Å². The van der Waals surface area contributed by atoms with Crippen molar-refractivity contribution in [3.05, 3.63) is 23.8 Å². The lowest BCUT2D eigenvalue weighted by atomic mass is 9.52. The lowest BCUT2D eigenvalue weighted by Crippen LogP contribution is -2.54. The third-order valence-electron chi connectivity index (χ3n) is 9.53. The van der Waals surface area contributed by atoms with Gasteiger partial charge in [-0.15, -0.1) is 0 Å². The first-order chi connectivity index (χ1) is 12.8. The molecular weight excluding hydrogens is 472 g/mol. The Bertz CT molecular complexity index is 767. The Hall–Kier alpha value is 0.370. The number of epoxide rings is 1. The molecule has 0 radical (unpaired) electrons. The van der Waals surface area contributed by atoms with Crippen LogP contribution in [0.3, 0.4) is 0 Å². The highest BCUT2D eigenvalue weighted by Gasteiger charge is 2.79. The first-order valence-corrected chi connectivity index (χ1v) is 10.9. The first-order valence-electron chi connectivity index (χ1n) is 10.9. The van der Waals surface area contributed by atoms with E-state index >= 15 is 0 Å². The van der Waals surface area contributed by atoms with Crippen LogP contribution in [0.2, 0.25) is 0 Å². The Morgan fingerprint density at radius 1 is 1.00 bits per heavy atom. The smallest absolute Gasteiger partial charge is 0.171 e. The molecule has 4 aliphatic carbocycles. The molecule has 0 aromatic carbocycles. The van der Waals surface area contributed by atoms with Crippen LogP contribution in [0.5, 0.6) is 0 Å². The topological polar surface area (TPSA) is 51.2 Å². The van der Waals surface area contributed by atoms with Crippen LogP contribution in [0.25, 0.3) is 0 Å². The fourth-order valence-electron chi connectivity index (χ4n) is 8.05. The second kappa shape index (κ2) is 10.0. The highest BCUT2D eigenvalue weighted by molar-refractivity contribution is 7.59. The average molecular weight is 523 g/mol. The summed E-state index contributed by atoms with van der Waals surface area (Å²) in [4.78, 5) is 0. The van der Waals surface area contributed by atoms with Gasteiger partial charge >= 0.3 is 0 Å². The Labute approximate surface area is 223 Å². The summed E-state index contributed by atoms with van der Waals surface area (Å²) in [5.74, 6) is 0.697. The van der Waals surface area contributed by atoms with Crippen LogP contribution in [0, 0.1) is 17.3 Å². The molecule has 1 N–H and O–H groups in total. The molecule has 0 bridgehead atoms. The van der Waals surface area contributed by atoms with E-state index in [0.29, 0.717) is 25.0 Å². The lowest BCUT2D eigenvalue weighted by molar-refractivity contribution is -0.185. The number of hydrogen-bond acceptors (Lipinski definition) is 4. The summed E-state index contributed by atoms with van der Waals surface area (Å²) in [5, 5.41) is 11.5. The molecule has 7 heteroatoms. The number of aliphatic hydroxyl groups is 1. The van der Waals surface area contributed by atoms with Crippen molar-refractivity contribution < 1.29 is 19.3 Å². The SMILES string of the molecule is C.C.C.C=C(C)[C@]1(O)CC[C@H]2[C@@H]3CC[C@@]45CC6(CC[C@@]4(O5)C3=CC[C@@]21C)OCCO6.S.S.S. The third kappa shape index (κ3) is 3.82. The van der Waals surface area contributed by atoms with Crippen molar-refractivity contribution in [2.75, 3.05) is 13.2 Å². The minimum Gasteiger partial charge on any atom is -0.385 e. The molecule has 6 rings (SSSR count). The Balaban J connectivity index is 0.00000171. The van der Waals surface area contributed by atoms with Crippen LogP contribution in [0.1, 0.15) is 87.5 Å². The van der Waals surface area contributed by atoms with Crippen molar-refractivity contribution in [3.8, 4) is 0 Å². The molecule has 0 amide bonds. The van der Waals surface area contributed by atoms with E-state index in [1.54, 1.807) is 5.57 Å². The summed E-state index contributed by atoms with van der Waals surface area (Å²) < 4.78 is 18.7. The van der Waals surface area contributed by atoms with Crippen LogP contribution in [-0.2, 0) is 14.2 Å². The van der Waals surface area contributed by atoms with Gasteiger partial charge in [0.25, 0.3) is 0 Å². The maximum atomic E-state index is 11.5. The van der Waals surface area contributed by atoms with Gasteiger partial charge in [0.05, 0.1) is 18.8 Å². The largest absolute Gasteiger partial charge is 0.385 e. The molecule has 0 unspecified atom stereocenters. The predicted octanol–water partition coefficient (Wildman–Crippen LogP) is 6.13. The second-order valence-electron chi connectivity index (χ2n) is 10.4. The van der Waals surface area contributed by atoms with E-state index in [0.717, 1.165) is 56.9 Å². The first kappa shape index (κ1) is 33.4. The minimum atomic E-state index is -0.724. The molecule has 6 atom stereocenters. The number of rotatable bonds is 1. The van der Waals surface area contributed by atoms with Gasteiger partial charge in [-0.1, -0.05) is 41.9 Å².